The molecule has 4 N–H and O–H groups in total. The maximum atomic E-state index is 12.9. The fourth-order valence-corrected chi connectivity index (χ4v) is 4.31. The number of carbonyl (C=O) groups excluding carboxylic acids is 3. The highest BCUT2D eigenvalue weighted by molar-refractivity contribution is 6.09. The third kappa shape index (κ3) is 16.7. The Hall–Kier alpha value is -5.11. The molecule has 0 aliphatic rings. The summed E-state index contributed by atoms with van der Waals surface area (Å²) in [6, 6.07) is 16.6. The molecule has 52 heavy (non-hydrogen) atoms. The van der Waals surface area contributed by atoms with Crippen molar-refractivity contribution < 1.29 is 57.9 Å². The van der Waals surface area contributed by atoms with Gasteiger partial charge < -0.3 is 54.1 Å². The second-order valence-corrected chi connectivity index (χ2v) is 10.9. The molecule has 15 heteroatoms. The van der Waals surface area contributed by atoms with E-state index in [2.05, 4.69) is 16.6 Å². The van der Waals surface area contributed by atoms with Crippen LogP contribution in [0.25, 0.3) is 0 Å². The van der Waals surface area contributed by atoms with Crippen LogP contribution in [0.1, 0.15) is 35.2 Å². The lowest BCUT2D eigenvalue weighted by molar-refractivity contribution is -0.146. The molecule has 0 aliphatic carbocycles. The van der Waals surface area contributed by atoms with Crippen molar-refractivity contribution >= 4 is 23.3 Å². The van der Waals surface area contributed by atoms with Gasteiger partial charge in [-0.15, -0.1) is 11.2 Å². The van der Waals surface area contributed by atoms with Gasteiger partial charge in [-0.2, -0.15) is 0 Å². The maximum Gasteiger partial charge on any atom is 0.335 e. The Kier molecular flexibility index (Phi) is 19.8. The number of benzene rings is 2. The van der Waals surface area contributed by atoms with Gasteiger partial charge in [0.1, 0.15) is 12.4 Å². The zero-order valence-electron chi connectivity index (χ0n) is 29.1. The maximum absolute atomic E-state index is 12.9. The molecular formula is C37H47N3O12. The van der Waals surface area contributed by atoms with Crippen molar-refractivity contribution in [3.63, 3.8) is 0 Å². The predicted molar refractivity (Wildman–Crippen MR) is 189 cm³/mol. The van der Waals surface area contributed by atoms with E-state index < -0.39 is 5.97 Å². The first-order valence-corrected chi connectivity index (χ1v) is 16.9. The van der Waals surface area contributed by atoms with Crippen molar-refractivity contribution in [2.24, 2.45) is 0 Å². The van der Waals surface area contributed by atoms with Gasteiger partial charge >= 0.3 is 5.97 Å². The van der Waals surface area contributed by atoms with E-state index in [1.807, 2.05) is 12.1 Å². The van der Waals surface area contributed by atoms with Crippen molar-refractivity contribution in [2.75, 3.05) is 91.1 Å². The number of nitrogens with zero attached hydrogens (tertiary/aromatic N) is 1. The Morgan fingerprint density at radius 1 is 0.654 bits per heavy atom. The SMILES string of the molecule is C#CCOCCC(=O)NCCCOc1ccc(C(=O)c2ccc(NCCOCCOCCOCCOCCC(=O)On3c(O)ccc3O)cc2)cc1. The number of rotatable bonds is 28. The predicted octanol–water partition coefficient (Wildman–Crippen LogP) is 2.58. The molecule has 0 unspecified atom stereocenters. The molecule has 0 radical (unpaired) electrons. The zero-order valence-corrected chi connectivity index (χ0v) is 29.1. The van der Waals surface area contributed by atoms with Crippen LogP contribution >= 0.6 is 0 Å². The fraction of sp³-hybridized carbons (Fsp3) is 0.432. The Morgan fingerprint density at radius 3 is 1.83 bits per heavy atom. The molecule has 15 nitrogen and oxygen atoms in total. The van der Waals surface area contributed by atoms with Gasteiger partial charge in [0.2, 0.25) is 17.7 Å². The minimum absolute atomic E-state index is 0.0582. The van der Waals surface area contributed by atoms with Crippen LogP contribution in [0.5, 0.6) is 17.5 Å². The van der Waals surface area contributed by atoms with E-state index in [0.717, 1.165) is 5.69 Å². The van der Waals surface area contributed by atoms with Crippen LogP contribution in [0.15, 0.2) is 60.7 Å². The molecule has 0 aliphatic heterocycles. The number of carbonyl (C=O) groups is 3. The number of nitrogens with one attached hydrogen (secondary N) is 2. The van der Waals surface area contributed by atoms with Crippen molar-refractivity contribution in [3.8, 4) is 29.9 Å². The third-order valence-corrected chi connectivity index (χ3v) is 6.97. The number of ether oxygens (including phenoxy) is 6. The Balaban J connectivity index is 1.13. The summed E-state index contributed by atoms with van der Waals surface area (Å²) in [4.78, 5) is 41.2. The van der Waals surface area contributed by atoms with Crippen molar-refractivity contribution in [1.29, 1.82) is 0 Å². The van der Waals surface area contributed by atoms with Gasteiger partial charge in [-0.1, -0.05) is 5.92 Å². The molecule has 0 atom stereocenters. The first kappa shape index (κ1) is 41.3. The topological polar surface area (TPSA) is 185 Å². The number of ketones is 1. The van der Waals surface area contributed by atoms with Gasteiger partial charge in [-0.05, 0) is 55.0 Å². The van der Waals surface area contributed by atoms with Crippen molar-refractivity contribution in [2.45, 2.75) is 19.3 Å². The molecule has 1 amide bonds. The zero-order chi connectivity index (χ0) is 37.2. The minimum Gasteiger partial charge on any atom is -0.494 e. The van der Waals surface area contributed by atoms with E-state index >= 15 is 0 Å². The van der Waals surface area contributed by atoms with Gasteiger partial charge in [0.25, 0.3) is 0 Å². The van der Waals surface area contributed by atoms with Crippen LogP contribution in [0.3, 0.4) is 0 Å². The normalized spacial score (nSPS) is 10.8. The van der Waals surface area contributed by atoms with Crippen molar-refractivity contribution in [1.82, 2.24) is 10.0 Å². The Morgan fingerprint density at radius 2 is 1.21 bits per heavy atom. The number of hydrogen-bond acceptors (Lipinski definition) is 13. The van der Waals surface area contributed by atoms with E-state index in [1.54, 1.807) is 36.4 Å². The molecule has 0 fully saturated rings. The second-order valence-electron chi connectivity index (χ2n) is 10.9. The average molecular weight is 726 g/mol. The third-order valence-electron chi connectivity index (χ3n) is 6.97. The summed E-state index contributed by atoms with van der Waals surface area (Å²) in [6.45, 7) is 4.80. The first-order valence-electron chi connectivity index (χ1n) is 16.9. The van der Waals surface area contributed by atoms with Crippen LogP contribution in [0.2, 0.25) is 0 Å². The first-order chi connectivity index (χ1) is 25.4. The van der Waals surface area contributed by atoms with Crippen LogP contribution in [0, 0.1) is 12.3 Å². The highest BCUT2D eigenvalue weighted by Gasteiger charge is 2.12. The molecule has 3 aromatic rings. The fourth-order valence-electron chi connectivity index (χ4n) is 4.31. The monoisotopic (exact) mass is 725 g/mol. The summed E-state index contributed by atoms with van der Waals surface area (Å²) in [5.74, 6) is 1.36. The summed E-state index contributed by atoms with van der Waals surface area (Å²) in [5, 5.41) is 25.0. The van der Waals surface area contributed by atoms with Crippen LogP contribution < -0.4 is 20.2 Å². The molecule has 282 valence electrons. The molecule has 1 aromatic heterocycles. The average Bonchev–Trinajstić information content (AvgIpc) is 3.47. The lowest BCUT2D eigenvalue weighted by atomic mass is 10.0. The summed E-state index contributed by atoms with van der Waals surface area (Å²) < 4.78 is 33.2. The van der Waals surface area contributed by atoms with Gasteiger partial charge in [-0.25, -0.2) is 4.79 Å². The summed E-state index contributed by atoms with van der Waals surface area (Å²) in [7, 11) is 0. The Bertz CT molecular complexity index is 1500. The van der Waals surface area contributed by atoms with Gasteiger partial charge in [-0.3, -0.25) is 9.59 Å². The number of amides is 1. The summed E-state index contributed by atoms with van der Waals surface area (Å²) in [5.41, 5.74) is 1.99. The van der Waals surface area contributed by atoms with E-state index in [-0.39, 0.29) is 56.1 Å². The quantitative estimate of drug-likeness (QED) is 0.0487. The van der Waals surface area contributed by atoms with Gasteiger partial charge in [0, 0.05) is 42.0 Å². The number of anilines is 1. The van der Waals surface area contributed by atoms with E-state index in [1.165, 1.54) is 12.1 Å². The molecule has 0 saturated heterocycles. The lowest BCUT2D eigenvalue weighted by Gasteiger charge is -2.10. The van der Waals surface area contributed by atoms with Crippen LogP contribution in [-0.4, -0.2) is 118 Å². The molecule has 0 spiro atoms. The highest BCUT2D eigenvalue weighted by atomic mass is 16.7. The van der Waals surface area contributed by atoms with Gasteiger partial charge in [0.15, 0.2) is 5.78 Å². The molecule has 0 bridgehead atoms. The van der Waals surface area contributed by atoms with Crippen molar-refractivity contribution in [3.05, 3.63) is 71.8 Å². The number of hydrogen-bond donors (Lipinski definition) is 4. The van der Waals surface area contributed by atoms with Crippen LogP contribution in [0.4, 0.5) is 5.69 Å². The van der Waals surface area contributed by atoms with E-state index in [9.17, 15) is 24.6 Å². The lowest BCUT2D eigenvalue weighted by Crippen LogP contribution is -2.26. The molecule has 3 rings (SSSR count). The van der Waals surface area contributed by atoms with E-state index in [0.29, 0.717) is 94.0 Å². The smallest absolute Gasteiger partial charge is 0.335 e. The molecule has 1 heterocycles. The largest absolute Gasteiger partial charge is 0.494 e. The molecule has 2 aromatic carbocycles. The minimum atomic E-state index is -0.669. The highest BCUT2D eigenvalue weighted by Crippen LogP contribution is 2.19. The van der Waals surface area contributed by atoms with E-state index in [4.69, 9.17) is 39.7 Å². The number of terminal acetylenes is 1. The number of aromatic hydroxyl groups is 2. The Labute approximate surface area is 303 Å². The molecular weight excluding hydrogens is 678 g/mol. The number of aromatic nitrogens is 1. The molecule has 0 saturated carbocycles. The second kappa shape index (κ2) is 24.9. The van der Waals surface area contributed by atoms with Gasteiger partial charge in [0.05, 0.1) is 78.9 Å². The van der Waals surface area contributed by atoms with Crippen LogP contribution in [-0.2, 0) is 33.3 Å². The summed E-state index contributed by atoms with van der Waals surface area (Å²) >= 11 is 0. The summed E-state index contributed by atoms with van der Waals surface area (Å²) in [6.07, 6.45) is 5.93. The standard InChI is InChI=1S/C37H47N3O12/c1-2-18-46-20-14-33(41)39-16-3-19-51-32-10-6-30(7-11-32)37(45)29-4-8-31(9-5-29)38-17-22-48-24-26-50-28-27-49-25-23-47-21-15-36(44)52-40-34(42)12-13-35(40)43/h1,4-13,38,42-43H,3,14-28H2,(H,39,41).